The fourth-order valence-electron chi connectivity index (χ4n) is 1.93. The van der Waals surface area contributed by atoms with Gasteiger partial charge in [-0.2, -0.15) is 0 Å². The number of ether oxygens (including phenoxy) is 1. The molecule has 0 radical (unpaired) electrons. The van der Waals surface area contributed by atoms with Crippen LogP contribution in [0.25, 0.3) is 0 Å². The van der Waals surface area contributed by atoms with Crippen LogP contribution < -0.4 is 4.46 Å². The van der Waals surface area contributed by atoms with Crippen LogP contribution >= 0.6 is 0 Å². The molecule has 0 saturated carbocycles. The van der Waals surface area contributed by atoms with Crippen molar-refractivity contribution in [3.8, 4) is 0 Å². The Balaban J connectivity index is 2.09. The standard InChI is InChI=1S/C13H16O3Se/c1-2-6-10-12(11(14)13(15)16-10)17-9-7-4-3-5-8-9/h3-5,7-8,10-12,14H,2,6H2,1H3/t10-,11+,12+/m0/s1. The summed E-state index contributed by atoms with van der Waals surface area (Å²) in [5.41, 5.74) is 0. The van der Waals surface area contributed by atoms with E-state index in [1.54, 1.807) is 0 Å². The van der Waals surface area contributed by atoms with Crippen molar-refractivity contribution in [2.24, 2.45) is 0 Å². The van der Waals surface area contributed by atoms with E-state index in [2.05, 4.69) is 6.92 Å². The van der Waals surface area contributed by atoms with Gasteiger partial charge in [0.1, 0.15) is 0 Å². The molecule has 1 aromatic carbocycles. The number of esters is 1. The number of carbonyl (C=O) groups excluding carboxylic acids is 1. The minimum atomic E-state index is -0.938. The van der Waals surface area contributed by atoms with E-state index in [9.17, 15) is 9.90 Å². The number of hydrogen-bond acceptors (Lipinski definition) is 3. The van der Waals surface area contributed by atoms with Gasteiger partial charge in [-0.05, 0) is 0 Å². The van der Waals surface area contributed by atoms with Gasteiger partial charge in [0.2, 0.25) is 0 Å². The van der Waals surface area contributed by atoms with Gasteiger partial charge in [-0.3, -0.25) is 0 Å². The van der Waals surface area contributed by atoms with E-state index >= 15 is 0 Å². The Morgan fingerprint density at radius 1 is 1.35 bits per heavy atom. The van der Waals surface area contributed by atoms with Crippen molar-refractivity contribution in [3.05, 3.63) is 30.3 Å². The fourth-order valence-corrected chi connectivity index (χ4v) is 4.47. The van der Waals surface area contributed by atoms with Crippen LogP contribution in [0, 0.1) is 0 Å². The molecule has 0 bridgehead atoms. The van der Waals surface area contributed by atoms with E-state index in [1.807, 2.05) is 30.3 Å². The van der Waals surface area contributed by atoms with E-state index in [0.717, 1.165) is 12.8 Å². The SMILES string of the molecule is CCC[C@@H]1OC(=O)[C@H](O)[C@@H]1[Se]c1ccccc1. The summed E-state index contributed by atoms with van der Waals surface area (Å²) in [6.07, 6.45) is 0.753. The summed E-state index contributed by atoms with van der Waals surface area (Å²) in [4.78, 5) is 11.4. The van der Waals surface area contributed by atoms with Crippen LogP contribution in [0.4, 0.5) is 0 Å². The van der Waals surface area contributed by atoms with E-state index in [0.29, 0.717) is 0 Å². The second kappa shape index (κ2) is 5.67. The van der Waals surface area contributed by atoms with Gasteiger partial charge in [-0.25, -0.2) is 0 Å². The molecule has 1 fully saturated rings. The Morgan fingerprint density at radius 3 is 2.71 bits per heavy atom. The topological polar surface area (TPSA) is 46.5 Å². The third-order valence-corrected chi connectivity index (χ3v) is 5.67. The Labute approximate surface area is 107 Å². The number of benzene rings is 1. The summed E-state index contributed by atoms with van der Waals surface area (Å²) in [5, 5.41) is 9.86. The quantitative estimate of drug-likeness (QED) is 0.663. The van der Waals surface area contributed by atoms with Crippen molar-refractivity contribution in [1.82, 2.24) is 0 Å². The molecule has 1 saturated heterocycles. The Hall–Kier alpha value is -0.831. The molecule has 0 aliphatic carbocycles. The predicted molar refractivity (Wildman–Crippen MR) is 66.4 cm³/mol. The first-order chi connectivity index (χ1) is 8.22. The van der Waals surface area contributed by atoms with Crippen LogP contribution in [-0.4, -0.2) is 38.2 Å². The van der Waals surface area contributed by atoms with Gasteiger partial charge in [0, 0.05) is 0 Å². The van der Waals surface area contributed by atoms with Crippen LogP contribution in [0.2, 0.25) is 4.82 Å². The first-order valence-corrected chi connectivity index (χ1v) is 7.67. The van der Waals surface area contributed by atoms with Crippen molar-refractivity contribution < 1.29 is 14.6 Å². The normalized spacial score (nSPS) is 28.1. The Morgan fingerprint density at radius 2 is 2.06 bits per heavy atom. The second-order valence-electron chi connectivity index (χ2n) is 4.10. The molecular weight excluding hydrogens is 283 g/mol. The van der Waals surface area contributed by atoms with E-state index < -0.39 is 12.1 Å². The number of hydrogen-bond donors (Lipinski definition) is 1. The first kappa shape index (κ1) is 12.6. The summed E-state index contributed by atoms with van der Waals surface area (Å²) in [5.74, 6) is -0.453. The van der Waals surface area contributed by atoms with Crippen molar-refractivity contribution in [2.75, 3.05) is 0 Å². The third kappa shape index (κ3) is 2.89. The zero-order valence-corrected chi connectivity index (χ0v) is 11.4. The van der Waals surface area contributed by atoms with Crippen molar-refractivity contribution in [1.29, 1.82) is 0 Å². The molecule has 3 atom stereocenters. The molecule has 17 heavy (non-hydrogen) atoms. The van der Waals surface area contributed by atoms with Gasteiger partial charge in [-0.1, -0.05) is 0 Å². The van der Waals surface area contributed by atoms with Gasteiger partial charge < -0.3 is 0 Å². The van der Waals surface area contributed by atoms with Gasteiger partial charge in [0.05, 0.1) is 0 Å². The number of carbonyl (C=O) groups is 1. The van der Waals surface area contributed by atoms with Crippen LogP contribution in [0.3, 0.4) is 0 Å². The minimum absolute atomic E-state index is 0.0441. The van der Waals surface area contributed by atoms with Gasteiger partial charge in [0.15, 0.2) is 0 Å². The summed E-state index contributed by atoms with van der Waals surface area (Å²) in [7, 11) is 0. The molecule has 92 valence electrons. The molecular formula is C13H16O3Se. The molecule has 1 aromatic rings. The van der Waals surface area contributed by atoms with Crippen LogP contribution in [0.15, 0.2) is 30.3 Å². The molecule has 0 aromatic heterocycles. The Bertz CT molecular complexity index is 380. The first-order valence-electron chi connectivity index (χ1n) is 5.82. The van der Waals surface area contributed by atoms with Crippen molar-refractivity contribution >= 4 is 25.4 Å². The number of aliphatic hydroxyl groups excluding tert-OH is 1. The Kier molecular flexibility index (Phi) is 4.21. The molecule has 1 N–H and O–H groups in total. The average molecular weight is 299 g/mol. The summed E-state index contributed by atoms with van der Waals surface area (Å²) < 4.78 is 6.42. The molecule has 0 amide bonds. The average Bonchev–Trinajstić information content (AvgIpc) is 2.59. The molecule has 3 nitrogen and oxygen atoms in total. The van der Waals surface area contributed by atoms with Crippen LogP contribution in [-0.2, 0) is 9.53 Å². The second-order valence-corrected chi connectivity index (χ2v) is 6.73. The van der Waals surface area contributed by atoms with Gasteiger partial charge >= 0.3 is 107 Å². The number of cyclic esters (lactones) is 1. The van der Waals surface area contributed by atoms with Crippen molar-refractivity contribution in [2.45, 2.75) is 36.8 Å². The molecule has 4 heteroatoms. The molecule has 0 spiro atoms. The molecule has 1 aliphatic heterocycles. The zero-order valence-electron chi connectivity index (χ0n) is 9.70. The summed E-state index contributed by atoms with van der Waals surface area (Å²) in [6, 6.07) is 10.0. The summed E-state index contributed by atoms with van der Waals surface area (Å²) >= 11 is 0.0761. The predicted octanol–water partition coefficient (Wildman–Crippen LogP) is 0.891. The third-order valence-electron chi connectivity index (χ3n) is 2.78. The monoisotopic (exact) mass is 300 g/mol. The molecule has 1 aliphatic rings. The van der Waals surface area contributed by atoms with E-state index in [-0.39, 0.29) is 25.9 Å². The fraction of sp³-hybridized carbons (Fsp3) is 0.462. The summed E-state index contributed by atoms with van der Waals surface area (Å²) in [6.45, 7) is 2.06. The van der Waals surface area contributed by atoms with Gasteiger partial charge in [0.25, 0.3) is 0 Å². The van der Waals surface area contributed by atoms with Crippen molar-refractivity contribution in [3.63, 3.8) is 0 Å². The maximum absolute atomic E-state index is 11.4. The molecule has 0 unspecified atom stereocenters. The van der Waals surface area contributed by atoms with E-state index in [1.165, 1.54) is 4.46 Å². The van der Waals surface area contributed by atoms with Crippen LogP contribution in [0.5, 0.6) is 0 Å². The van der Waals surface area contributed by atoms with Gasteiger partial charge in [-0.15, -0.1) is 0 Å². The maximum atomic E-state index is 11.4. The number of aliphatic hydroxyl groups is 1. The van der Waals surface area contributed by atoms with Crippen LogP contribution in [0.1, 0.15) is 19.8 Å². The van der Waals surface area contributed by atoms with E-state index in [4.69, 9.17) is 4.74 Å². The molecule has 2 rings (SSSR count). The number of rotatable bonds is 4. The molecule has 1 heterocycles. The zero-order chi connectivity index (χ0) is 12.3.